The lowest BCUT2D eigenvalue weighted by Gasteiger charge is -2.40. The number of aliphatic hydroxyl groups excluding tert-OH is 2. The summed E-state index contributed by atoms with van der Waals surface area (Å²) >= 11 is 0. The quantitative estimate of drug-likeness (QED) is 0.760. The van der Waals surface area contributed by atoms with Crippen LogP contribution in [-0.4, -0.2) is 47.3 Å². The molecule has 4 nitrogen and oxygen atoms in total. The summed E-state index contributed by atoms with van der Waals surface area (Å²) in [6.45, 7) is 2.42. The highest BCUT2D eigenvalue weighted by Gasteiger charge is 2.52. The van der Waals surface area contributed by atoms with Gasteiger partial charge in [0.05, 0.1) is 24.9 Å². The van der Waals surface area contributed by atoms with Crippen LogP contribution in [-0.2, 0) is 9.47 Å². The maximum Gasteiger partial charge on any atom is 0.120 e. The van der Waals surface area contributed by atoms with Crippen LogP contribution in [0.25, 0.3) is 0 Å². The molecule has 2 saturated heterocycles. The Kier molecular flexibility index (Phi) is 5.01. The molecule has 0 aromatic heterocycles. The Bertz CT molecular complexity index is 258. The largest absolute Gasteiger partial charge is 0.396 e. The van der Waals surface area contributed by atoms with Crippen LogP contribution >= 0.6 is 0 Å². The van der Waals surface area contributed by atoms with Gasteiger partial charge in [-0.25, -0.2) is 0 Å². The highest BCUT2D eigenvalue weighted by Crippen LogP contribution is 2.43. The molecule has 0 radical (unpaired) electrons. The van der Waals surface area contributed by atoms with Gasteiger partial charge in [0.15, 0.2) is 0 Å². The van der Waals surface area contributed by atoms with Crippen LogP contribution in [0.2, 0.25) is 0 Å². The summed E-state index contributed by atoms with van der Waals surface area (Å²) in [5.74, 6) is 0. The minimum atomic E-state index is -0.474. The zero-order chi connectivity index (χ0) is 13.0. The van der Waals surface area contributed by atoms with Gasteiger partial charge in [-0.05, 0) is 32.1 Å². The maximum atomic E-state index is 9.73. The van der Waals surface area contributed by atoms with E-state index in [-0.39, 0.29) is 31.5 Å². The van der Waals surface area contributed by atoms with Crippen LogP contribution in [0.15, 0.2) is 0 Å². The van der Waals surface area contributed by atoms with E-state index in [1.165, 1.54) is 0 Å². The molecule has 0 aromatic rings. The SMILES string of the molecule is CCC[C@H]1CC[C@@H]2O[C@@H](CCCO)C[C@]2(CO)O1. The second-order valence-electron chi connectivity index (χ2n) is 5.65. The molecule has 2 aliphatic rings. The van der Waals surface area contributed by atoms with Gasteiger partial charge in [-0.2, -0.15) is 0 Å². The van der Waals surface area contributed by atoms with Crippen LogP contribution in [0.5, 0.6) is 0 Å². The maximum absolute atomic E-state index is 9.73. The van der Waals surface area contributed by atoms with Crippen LogP contribution in [0.4, 0.5) is 0 Å². The predicted molar refractivity (Wildman–Crippen MR) is 68.4 cm³/mol. The van der Waals surface area contributed by atoms with Gasteiger partial charge in [0.1, 0.15) is 5.60 Å². The average molecular weight is 258 g/mol. The van der Waals surface area contributed by atoms with E-state index in [0.717, 1.165) is 44.9 Å². The highest BCUT2D eigenvalue weighted by molar-refractivity contribution is 5.01. The third kappa shape index (κ3) is 2.87. The number of fused-ring (bicyclic) bond motifs is 1. The summed E-state index contributed by atoms with van der Waals surface area (Å²) in [6, 6.07) is 0. The molecule has 18 heavy (non-hydrogen) atoms. The molecule has 0 aliphatic carbocycles. The van der Waals surface area contributed by atoms with Crippen molar-refractivity contribution in [2.24, 2.45) is 0 Å². The van der Waals surface area contributed by atoms with Crippen molar-refractivity contribution in [2.75, 3.05) is 13.2 Å². The number of rotatable bonds is 6. The molecule has 0 bridgehead atoms. The van der Waals surface area contributed by atoms with Gasteiger partial charge in [-0.3, -0.25) is 0 Å². The number of hydrogen-bond donors (Lipinski definition) is 2. The van der Waals surface area contributed by atoms with E-state index in [1.807, 2.05) is 0 Å². The minimum absolute atomic E-state index is 0.0410. The van der Waals surface area contributed by atoms with E-state index in [9.17, 15) is 5.11 Å². The van der Waals surface area contributed by atoms with Crippen LogP contribution in [0.3, 0.4) is 0 Å². The summed E-state index contributed by atoms with van der Waals surface area (Å²) in [5, 5.41) is 18.6. The normalized spacial score (nSPS) is 39.8. The van der Waals surface area contributed by atoms with Crippen molar-refractivity contribution in [1.29, 1.82) is 0 Å². The summed E-state index contributed by atoms with van der Waals surface area (Å²) < 4.78 is 12.2. The Balaban J connectivity index is 1.96. The molecule has 0 saturated carbocycles. The van der Waals surface area contributed by atoms with Crippen LogP contribution in [0.1, 0.15) is 51.9 Å². The monoisotopic (exact) mass is 258 g/mol. The van der Waals surface area contributed by atoms with Crippen molar-refractivity contribution in [3.63, 3.8) is 0 Å². The Morgan fingerprint density at radius 3 is 2.67 bits per heavy atom. The van der Waals surface area contributed by atoms with E-state index in [2.05, 4.69) is 6.92 Å². The molecular weight excluding hydrogens is 232 g/mol. The molecule has 2 N–H and O–H groups in total. The molecule has 2 fully saturated rings. The molecule has 2 rings (SSSR count). The molecule has 2 heterocycles. The van der Waals surface area contributed by atoms with Crippen molar-refractivity contribution < 1.29 is 19.7 Å². The molecule has 0 unspecified atom stereocenters. The minimum Gasteiger partial charge on any atom is -0.396 e. The smallest absolute Gasteiger partial charge is 0.120 e. The third-order valence-corrected chi connectivity index (χ3v) is 4.23. The molecule has 0 spiro atoms. The van der Waals surface area contributed by atoms with Gasteiger partial charge >= 0.3 is 0 Å². The van der Waals surface area contributed by atoms with E-state index in [4.69, 9.17) is 14.6 Å². The van der Waals surface area contributed by atoms with Gasteiger partial charge in [0, 0.05) is 13.0 Å². The standard InChI is InChI=1S/C14H26O4/c1-2-4-11-6-7-13-14(10-16,18-11)9-12(17-13)5-3-8-15/h11-13,15-16H,2-10H2,1H3/t11-,12-,13-,14+/m0/s1. The Hall–Kier alpha value is -0.160. The van der Waals surface area contributed by atoms with E-state index >= 15 is 0 Å². The first-order valence-corrected chi connectivity index (χ1v) is 7.29. The Morgan fingerprint density at radius 2 is 2.00 bits per heavy atom. The lowest BCUT2D eigenvalue weighted by Crippen LogP contribution is -2.51. The molecule has 2 aliphatic heterocycles. The van der Waals surface area contributed by atoms with Crippen molar-refractivity contribution in [3.8, 4) is 0 Å². The molecule has 106 valence electrons. The lowest BCUT2D eigenvalue weighted by atomic mass is 9.86. The first-order chi connectivity index (χ1) is 8.74. The van der Waals surface area contributed by atoms with Crippen LogP contribution in [0, 0.1) is 0 Å². The van der Waals surface area contributed by atoms with Crippen molar-refractivity contribution in [3.05, 3.63) is 0 Å². The van der Waals surface area contributed by atoms with Gasteiger partial charge in [-0.15, -0.1) is 0 Å². The fourth-order valence-corrected chi connectivity index (χ4v) is 3.32. The number of hydrogen-bond acceptors (Lipinski definition) is 4. The molecular formula is C14H26O4. The summed E-state index contributed by atoms with van der Waals surface area (Å²) in [4.78, 5) is 0. The Morgan fingerprint density at radius 1 is 1.17 bits per heavy atom. The average Bonchev–Trinajstić information content (AvgIpc) is 2.75. The molecule has 0 amide bonds. The second-order valence-corrected chi connectivity index (χ2v) is 5.65. The van der Waals surface area contributed by atoms with Gasteiger partial charge in [-0.1, -0.05) is 13.3 Å². The van der Waals surface area contributed by atoms with Crippen molar-refractivity contribution in [2.45, 2.75) is 75.8 Å². The summed E-state index contributed by atoms with van der Waals surface area (Å²) in [7, 11) is 0. The highest BCUT2D eigenvalue weighted by atomic mass is 16.6. The number of ether oxygens (including phenoxy) is 2. The lowest BCUT2D eigenvalue weighted by molar-refractivity contribution is -0.183. The van der Waals surface area contributed by atoms with Crippen LogP contribution < -0.4 is 0 Å². The van der Waals surface area contributed by atoms with Gasteiger partial charge in [0.25, 0.3) is 0 Å². The van der Waals surface area contributed by atoms with E-state index in [0.29, 0.717) is 0 Å². The summed E-state index contributed by atoms with van der Waals surface area (Å²) in [6.07, 6.45) is 7.05. The fourth-order valence-electron chi connectivity index (χ4n) is 3.32. The predicted octanol–water partition coefficient (Wildman–Crippen LogP) is 1.63. The fraction of sp³-hybridized carbons (Fsp3) is 1.00. The first-order valence-electron chi connectivity index (χ1n) is 7.29. The van der Waals surface area contributed by atoms with E-state index in [1.54, 1.807) is 0 Å². The second kappa shape index (κ2) is 6.33. The zero-order valence-electron chi connectivity index (χ0n) is 11.3. The van der Waals surface area contributed by atoms with E-state index < -0.39 is 5.60 Å². The topological polar surface area (TPSA) is 58.9 Å². The molecule has 0 aromatic carbocycles. The molecule has 4 heteroatoms. The zero-order valence-corrected chi connectivity index (χ0v) is 11.3. The van der Waals surface area contributed by atoms with Gasteiger partial charge in [0.2, 0.25) is 0 Å². The summed E-state index contributed by atoms with van der Waals surface area (Å²) in [5.41, 5.74) is -0.474. The third-order valence-electron chi connectivity index (χ3n) is 4.23. The van der Waals surface area contributed by atoms with Crippen molar-refractivity contribution >= 4 is 0 Å². The van der Waals surface area contributed by atoms with Gasteiger partial charge < -0.3 is 19.7 Å². The molecule has 4 atom stereocenters. The first kappa shape index (κ1) is 14.3. The van der Waals surface area contributed by atoms with Crippen molar-refractivity contribution in [1.82, 2.24) is 0 Å². The number of aliphatic hydroxyl groups is 2. The Labute approximate surface area is 109 Å².